The van der Waals surface area contributed by atoms with E-state index in [9.17, 15) is 4.79 Å². The third kappa shape index (κ3) is 3.31. The summed E-state index contributed by atoms with van der Waals surface area (Å²) >= 11 is 0. The topological polar surface area (TPSA) is 77.2 Å². The van der Waals surface area contributed by atoms with Crippen molar-refractivity contribution in [2.24, 2.45) is 0 Å². The van der Waals surface area contributed by atoms with E-state index in [1.54, 1.807) is 31.3 Å². The van der Waals surface area contributed by atoms with Gasteiger partial charge in [0.2, 0.25) is 0 Å². The summed E-state index contributed by atoms with van der Waals surface area (Å²) in [5, 5.41) is 6.33. The van der Waals surface area contributed by atoms with Crippen LogP contribution in [-0.2, 0) is 13.0 Å². The number of carbonyl (C=O) groups is 1. The van der Waals surface area contributed by atoms with Crippen LogP contribution in [0.15, 0.2) is 28.8 Å². The molecule has 19 heavy (non-hydrogen) atoms. The molecule has 0 atom stereocenters. The zero-order valence-electron chi connectivity index (χ0n) is 10.8. The van der Waals surface area contributed by atoms with Gasteiger partial charge in [-0.25, -0.2) is 0 Å². The van der Waals surface area contributed by atoms with Crippen LogP contribution >= 0.6 is 0 Å². The second kappa shape index (κ2) is 5.99. The van der Waals surface area contributed by atoms with E-state index in [-0.39, 0.29) is 12.5 Å². The fraction of sp³-hybridized carbons (Fsp3) is 0.308. The number of hydrogen-bond acceptors (Lipinski definition) is 5. The molecule has 2 rings (SSSR count). The van der Waals surface area contributed by atoms with Gasteiger partial charge in [0.1, 0.15) is 5.75 Å². The van der Waals surface area contributed by atoms with Crippen LogP contribution in [0.1, 0.15) is 29.0 Å². The van der Waals surface area contributed by atoms with Gasteiger partial charge in [0, 0.05) is 19.0 Å². The third-order valence-electron chi connectivity index (χ3n) is 2.53. The monoisotopic (exact) mass is 261 g/mol. The van der Waals surface area contributed by atoms with Gasteiger partial charge in [0.05, 0.1) is 0 Å². The Bertz CT molecular complexity index is 549. The Labute approximate surface area is 110 Å². The lowest BCUT2D eigenvalue weighted by Crippen LogP contribution is -2.17. The lowest BCUT2D eigenvalue weighted by Gasteiger charge is -2.04. The molecule has 100 valence electrons. The molecule has 0 unspecified atom stereocenters. The molecule has 1 aromatic carbocycles. The first-order valence-corrected chi connectivity index (χ1v) is 5.99. The molecule has 1 heterocycles. The molecule has 1 amide bonds. The standard InChI is InChI=1S/C13H15N3O3/c1-3-11-15-12(19-16-11)8-18-10-6-4-9(5-7-10)13(17)14-2/h4-7H,3,8H2,1-2H3,(H,14,17). The Balaban J connectivity index is 1.94. The molecule has 0 aliphatic heterocycles. The van der Waals surface area contributed by atoms with E-state index in [0.29, 0.717) is 23.0 Å². The molecular weight excluding hydrogens is 246 g/mol. The smallest absolute Gasteiger partial charge is 0.264 e. The highest BCUT2D eigenvalue weighted by Crippen LogP contribution is 2.13. The quantitative estimate of drug-likeness (QED) is 0.884. The number of amides is 1. The van der Waals surface area contributed by atoms with Crippen molar-refractivity contribution in [1.82, 2.24) is 15.5 Å². The second-order valence-electron chi connectivity index (χ2n) is 3.85. The van der Waals surface area contributed by atoms with Crippen molar-refractivity contribution in [3.63, 3.8) is 0 Å². The molecule has 0 radical (unpaired) electrons. The van der Waals surface area contributed by atoms with E-state index in [1.165, 1.54) is 0 Å². The zero-order valence-corrected chi connectivity index (χ0v) is 10.8. The van der Waals surface area contributed by atoms with E-state index >= 15 is 0 Å². The summed E-state index contributed by atoms with van der Waals surface area (Å²) in [6.07, 6.45) is 0.727. The summed E-state index contributed by atoms with van der Waals surface area (Å²) in [5.41, 5.74) is 0.584. The highest BCUT2D eigenvalue weighted by molar-refractivity contribution is 5.94. The molecule has 1 N–H and O–H groups in total. The van der Waals surface area contributed by atoms with Crippen LogP contribution in [0.2, 0.25) is 0 Å². The van der Waals surface area contributed by atoms with Crippen molar-refractivity contribution in [1.29, 1.82) is 0 Å². The maximum Gasteiger partial charge on any atom is 0.264 e. The normalized spacial score (nSPS) is 10.2. The van der Waals surface area contributed by atoms with Crippen molar-refractivity contribution in [2.75, 3.05) is 7.05 Å². The van der Waals surface area contributed by atoms with Crippen LogP contribution in [0, 0.1) is 0 Å². The molecule has 6 nitrogen and oxygen atoms in total. The first-order valence-electron chi connectivity index (χ1n) is 5.99. The molecule has 0 saturated carbocycles. The Hall–Kier alpha value is -2.37. The van der Waals surface area contributed by atoms with Crippen molar-refractivity contribution in [3.8, 4) is 5.75 Å². The number of nitrogens with zero attached hydrogens (tertiary/aromatic N) is 2. The van der Waals surface area contributed by atoms with Crippen LogP contribution < -0.4 is 10.1 Å². The Morgan fingerprint density at radius 1 is 1.37 bits per heavy atom. The minimum atomic E-state index is -0.129. The van der Waals surface area contributed by atoms with Crippen molar-refractivity contribution < 1.29 is 14.1 Å². The maximum atomic E-state index is 11.4. The van der Waals surface area contributed by atoms with Crippen molar-refractivity contribution >= 4 is 5.91 Å². The summed E-state index contributed by atoms with van der Waals surface area (Å²) in [6.45, 7) is 2.17. The summed E-state index contributed by atoms with van der Waals surface area (Å²) in [6, 6.07) is 6.84. The molecule has 6 heteroatoms. The van der Waals surface area contributed by atoms with E-state index in [1.807, 2.05) is 6.92 Å². The Morgan fingerprint density at radius 2 is 2.11 bits per heavy atom. The molecule has 0 aliphatic carbocycles. The van der Waals surface area contributed by atoms with Crippen molar-refractivity contribution in [2.45, 2.75) is 20.0 Å². The van der Waals surface area contributed by atoms with E-state index in [0.717, 1.165) is 6.42 Å². The van der Waals surface area contributed by atoms with E-state index < -0.39 is 0 Å². The lowest BCUT2D eigenvalue weighted by molar-refractivity contribution is 0.0963. The minimum absolute atomic E-state index is 0.129. The van der Waals surface area contributed by atoms with Crippen LogP contribution in [0.25, 0.3) is 0 Å². The molecule has 0 aliphatic rings. The van der Waals surface area contributed by atoms with Crippen molar-refractivity contribution in [3.05, 3.63) is 41.5 Å². The predicted octanol–water partition coefficient (Wildman–Crippen LogP) is 1.57. The van der Waals surface area contributed by atoms with Crippen LogP contribution in [0.3, 0.4) is 0 Å². The molecule has 0 bridgehead atoms. The highest BCUT2D eigenvalue weighted by Gasteiger charge is 2.06. The predicted molar refractivity (Wildman–Crippen MR) is 67.8 cm³/mol. The van der Waals surface area contributed by atoms with E-state index in [2.05, 4.69) is 15.5 Å². The number of aryl methyl sites for hydroxylation is 1. The zero-order chi connectivity index (χ0) is 13.7. The number of aromatic nitrogens is 2. The average Bonchev–Trinajstić information content (AvgIpc) is 2.93. The third-order valence-corrected chi connectivity index (χ3v) is 2.53. The number of ether oxygens (including phenoxy) is 1. The van der Waals surface area contributed by atoms with Gasteiger partial charge in [-0.3, -0.25) is 4.79 Å². The van der Waals surface area contributed by atoms with Gasteiger partial charge >= 0.3 is 0 Å². The summed E-state index contributed by atoms with van der Waals surface area (Å²) in [5.74, 6) is 1.61. The van der Waals surface area contributed by atoms with Gasteiger partial charge in [0.15, 0.2) is 12.4 Å². The summed E-state index contributed by atoms with van der Waals surface area (Å²) < 4.78 is 10.5. The fourth-order valence-electron chi connectivity index (χ4n) is 1.48. The summed E-state index contributed by atoms with van der Waals surface area (Å²) in [7, 11) is 1.59. The summed E-state index contributed by atoms with van der Waals surface area (Å²) in [4.78, 5) is 15.5. The van der Waals surface area contributed by atoms with Gasteiger partial charge < -0.3 is 14.6 Å². The molecular formula is C13H15N3O3. The van der Waals surface area contributed by atoms with Crippen LogP contribution in [0.4, 0.5) is 0 Å². The van der Waals surface area contributed by atoms with Gasteiger partial charge in [-0.05, 0) is 24.3 Å². The Kier molecular flexibility index (Phi) is 4.12. The largest absolute Gasteiger partial charge is 0.484 e. The second-order valence-corrected chi connectivity index (χ2v) is 3.85. The molecule has 0 spiro atoms. The number of benzene rings is 1. The van der Waals surface area contributed by atoms with Crippen LogP contribution in [-0.4, -0.2) is 23.1 Å². The van der Waals surface area contributed by atoms with Gasteiger partial charge in [-0.1, -0.05) is 12.1 Å². The molecule has 1 aromatic heterocycles. The first-order chi connectivity index (χ1) is 9.22. The minimum Gasteiger partial charge on any atom is -0.484 e. The van der Waals surface area contributed by atoms with Crippen LogP contribution in [0.5, 0.6) is 5.75 Å². The number of rotatable bonds is 5. The lowest BCUT2D eigenvalue weighted by atomic mass is 10.2. The molecule has 2 aromatic rings. The first kappa shape index (κ1) is 13.1. The maximum absolute atomic E-state index is 11.4. The molecule has 0 saturated heterocycles. The average molecular weight is 261 g/mol. The molecule has 0 fully saturated rings. The number of nitrogens with one attached hydrogen (secondary N) is 1. The Morgan fingerprint density at radius 3 is 2.68 bits per heavy atom. The van der Waals surface area contributed by atoms with Gasteiger partial charge in [0.25, 0.3) is 11.8 Å². The fourth-order valence-corrected chi connectivity index (χ4v) is 1.48. The van der Waals surface area contributed by atoms with E-state index in [4.69, 9.17) is 9.26 Å². The van der Waals surface area contributed by atoms with Gasteiger partial charge in [-0.2, -0.15) is 4.98 Å². The SMILES string of the molecule is CCc1noc(COc2ccc(C(=O)NC)cc2)n1. The number of carbonyl (C=O) groups excluding carboxylic acids is 1. The van der Waals surface area contributed by atoms with Gasteiger partial charge in [-0.15, -0.1) is 0 Å². The highest BCUT2D eigenvalue weighted by atomic mass is 16.5. The number of hydrogen-bond donors (Lipinski definition) is 1.